The summed E-state index contributed by atoms with van der Waals surface area (Å²) in [6, 6.07) is 20.4. The topological polar surface area (TPSA) is 102 Å². The molecular weight excluding hydrogens is 420 g/mol. The number of benzene rings is 3. The summed E-state index contributed by atoms with van der Waals surface area (Å²) in [6.45, 7) is 0. The number of hydroxylamine groups is 1. The predicted octanol–water partition coefficient (Wildman–Crippen LogP) is 3.34. The highest BCUT2D eigenvalue weighted by Crippen LogP contribution is 2.20. The summed E-state index contributed by atoms with van der Waals surface area (Å²) in [5, 5.41) is 2.75. The maximum absolute atomic E-state index is 12.4. The second kappa shape index (κ2) is 9.52. The second-order valence-corrected chi connectivity index (χ2v) is 8.29. The van der Waals surface area contributed by atoms with Gasteiger partial charge in [-0.05, 0) is 54.6 Å². The lowest BCUT2D eigenvalue weighted by Crippen LogP contribution is -2.26. The number of amides is 1. The molecule has 0 aliphatic heterocycles. The third-order valence-electron chi connectivity index (χ3n) is 4.32. The number of carbonyl (C=O) groups excluding carboxylic acids is 2. The van der Waals surface area contributed by atoms with Gasteiger partial charge in [-0.15, -0.1) is 0 Å². The second-order valence-electron chi connectivity index (χ2n) is 6.36. The number of hydrogen-bond acceptors (Lipinski definition) is 6. The molecule has 0 radical (unpaired) electrons. The van der Waals surface area contributed by atoms with Crippen LogP contribution in [-0.4, -0.2) is 38.9 Å². The quantitative estimate of drug-likeness (QED) is 0.343. The molecule has 0 spiro atoms. The van der Waals surface area contributed by atoms with Crippen LogP contribution in [0.25, 0.3) is 0 Å². The van der Waals surface area contributed by atoms with Crippen molar-refractivity contribution in [3.63, 3.8) is 0 Å². The number of nitrogens with zero attached hydrogens (tertiary/aromatic N) is 1. The van der Waals surface area contributed by atoms with Gasteiger partial charge in [0.1, 0.15) is 5.75 Å². The Balaban J connectivity index is 1.69. The van der Waals surface area contributed by atoms with Crippen LogP contribution in [0.4, 0.5) is 5.69 Å². The van der Waals surface area contributed by atoms with Crippen LogP contribution in [-0.2, 0) is 14.9 Å². The minimum atomic E-state index is -3.89. The minimum absolute atomic E-state index is 0.0621. The molecule has 3 aromatic carbocycles. The molecule has 3 aromatic rings. The summed E-state index contributed by atoms with van der Waals surface area (Å²) in [5.41, 5.74) is 1.11. The van der Waals surface area contributed by atoms with Gasteiger partial charge < -0.3 is 10.1 Å². The molecule has 0 saturated carbocycles. The van der Waals surface area contributed by atoms with Crippen LogP contribution in [0.5, 0.6) is 5.75 Å². The molecule has 0 bridgehead atoms. The fourth-order valence-electron chi connectivity index (χ4n) is 2.60. The van der Waals surface area contributed by atoms with E-state index in [0.717, 1.165) is 0 Å². The summed E-state index contributed by atoms with van der Waals surface area (Å²) in [6.07, 6.45) is 0. The lowest BCUT2D eigenvalue weighted by molar-refractivity contribution is -0.0258. The highest BCUT2D eigenvalue weighted by atomic mass is 32.2. The van der Waals surface area contributed by atoms with Gasteiger partial charge in [0.05, 0.1) is 17.6 Å². The summed E-state index contributed by atoms with van der Waals surface area (Å²) in [7, 11) is -1.42. The van der Waals surface area contributed by atoms with E-state index in [1.165, 1.54) is 50.6 Å². The molecular formula is C22H20N2O6S. The van der Waals surface area contributed by atoms with Crippen molar-refractivity contribution in [2.45, 2.75) is 4.90 Å². The molecule has 31 heavy (non-hydrogen) atoms. The van der Waals surface area contributed by atoms with Gasteiger partial charge in [-0.25, -0.2) is 13.2 Å². The van der Waals surface area contributed by atoms with Gasteiger partial charge in [0.2, 0.25) is 0 Å². The van der Waals surface area contributed by atoms with E-state index in [1.807, 2.05) is 6.07 Å². The zero-order valence-electron chi connectivity index (χ0n) is 16.8. The molecule has 8 nitrogen and oxygen atoms in total. The van der Waals surface area contributed by atoms with Crippen LogP contribution in [0.15, 0.2) is 83.8 Å². The van der Waals surface area contributed by atoms with E-state index in [1.54, 1.807) is 36.4 Å². The van der Waals surface area contributed by atoms with E-state index in [9.17, 15) is 18.0 Å². The first kappa shape index (κ1) is 22.2. The third kappa shape index (κ3) is 5.34. The number of hydrogen-bond donors (Lipinski definition) is 1. The van der Waals surface area contributed by atoms with Crippen molar-refractivity contribution < 1.29 is 27.6 Å². The van der Waals surface area contributed by atoms with Gasteiger partial charge in [0.25, 0.3) is 15.9 Å². The first-order chi connectivity index (χ1) is 14.8. The number of rotatable bonds is 7. The zero-order chi connectivity index (χ0) is 22.4. The predicted molar refractivity (Wildman–Crippen MR) is 114 cm³/mol. The SMILES string of the molecule is CON(C)S(=O)(=O)c1cccc(C(=O)Oc2ccc(NC(=O)c3ccccc3)cc2)c1. The van der Waals surface area contributed by atoms with Crippen molar-refractivity contribution in [1.82, 2.24) is 4.47 Å². The summed E-state index contributed by atoms with van der Waals surface area (Å²) >= 11 is 0. The van der Waals surface area contributed by atoms with Gasteiger partial charge in [0.15, 0.2) is 0 Å². The van der Waals surface area contributed by atoms with E-state index in [2.05, 4.69) is 5.32 Å². The molecule has 0 fully saturated rings. The lowest BCUT2D eigenvalue weighted by atomic mass is 10.2. The Morgan fingerprint density at radius 2 is 1.52 bits per heavy atom. The Bertz CT molecular complexity index is 1180. The highest BCUT2D eigenvalue weighted by molar-refractivity contribution is 7.89. The number of sulfonamides is 1. The first-order valence-corrected chi connectivity index (χ1v) is 10.6. The Hall–Kier alpha value is -3.53. The van der Waals surface area contributed by atoms with E-state index < -0.39 is 16.0 Å². The average molecular weight is 440 g/mol. The molecule has 1 amide bonds. The van der Waals surface area contributed by atoms with Crippen molar-refractivity contribution >= 4 is 27.6 Å². The smallest absolute Gasteiger partial charge is 0.343 e. The molecule has 1 N–H and O–H groups in total. The number of nitrogens with one attached hydrogen (secondary N) is 1. The maximum atomic E-state index is 12.4. The summed E-state index contributed by atoms with van der Waals surface area (Å²) in [5.74, 6) is -0.743. The van der Waals surface area contributed by atoms with E-state index in [4.69, 9.17) is 9.57 Å². The molecule has 0 aliphatic rings. The summed E-state index contributed by atoms with van der Waals surface area (Å²) in [4.78, 5) is 29.3. The maximum Gasteiger partial charge on any atom is 0.343 e. The molecule has 9 heteroatoms. The zero-order valence-corrected chi connectivity index (χ0v) is 17.6. The number of ether oxygens (including phenoxy) is 1. The Labute approximate surface area is 180 Å². The van der Waals surface area contributed by atoms with Gasteiger partial charge in [0, 0.05) is 18.3 Å². The molecule has 0 aliphatic carbocycles. The van der Waals surface area contributed by atoms with Crippen LogP contribution >= 0.6 is 0 Å². The van der Waals surface area contributed by atoms with E-state index in [0.29, 0.717) is 15.7 Å². The van der Waals surface area contributed by atoms with Crippen molar-refractivity contribution in [2.75, 3.05) is 19.5 Å². The molecule has 0 atom stereocenters. The molecule has 0 aromatic heterocycles. The van der Waals surface area contributed by atoms with Crippen LogP contribution in [0.3, 0.4) is 0 Å². The monoisotopic (exact) mass is 440 g/mol. The standard InChI is InChI=1S/C22H20N2O6S/c1-24(29-2)31(27,28)20-10-6-9-17(15-20)22(26)30-19-13-11-18(12-14-19)23-21(25)16-7-4-3-5-8-16/h3-15H,1-2H3,(H,23,25). The number of carbonyl (C=O) groups is 2. The van der Waals surface area contributed by atoms with Gasteiger partial charge in [-0.1, -0.05) is 28.7 Å². The molecule has 0 unspecified atom stereocenters. The minimum Gasteiger partial charge on any atom is -0.423 e. The Morgan fingerprint density at radius 3 is 2.16 bits per heavy atom. The van der Waals surface area contributed by atoms with Crippen LogP contribution < -0.4 is 10.1 Å². The molecule has 0 saturated heterocycles. The van der Waals surface area contributed by atoms with Gasteiger partial charge >= 0.3 is 5.97 Å². The number of esters is 1. The normalized spacial score (nSPS) is 11.2. The van der Waals surface area contributed by atoms with Crippen molar-refractivity contribution in [3.8, 4) is 5.75 Å². The van der Waals surface area contributed by atoms with Crippen molar-refractivity contribution in [1.29, 1.82) is 0 Å². The lowest BCUT2D eigenvalue weighted by Gasteiger charge is -2.14. The third-order valence-corrected chi connectivity index (χ3v) is 6.00. The van der Waals surface area contributed by atoms with Crippen molar-refractivity contribution in [3.05, 3.63) is 90.0 Å². The van der Waals surface area contributed by atoms with Crippen LogP contribution in [0.2, 0.25) is 0 Å². The number of anilines is 1. The van der Waals surface area contributed by atoms with Gasteiger partial charge in [-0.3, -0.25) is 9.63 Å². The van der Waals surface area contributed by atoms with Crippen LogP contribution in [0, 0.1) is 0 Å². The first-order valence-electron chi connectivity index (χ1n) is 9.13. The van der Waals surface area contributed by atoms with Gasteiger partial charge in [-0.2, -0.15) is 0 Å². The Morgan fingerprint density at radius 1 is 0.871 bits per heavy atom. The summed E-state index contributed by atoms with van der Waals surface area (Å²) < 4.78 is 30.7. The van der Waals surface area contributed by atoms with E-state index >= 15 is 0 Å². The fraction of sp³-hybridized carbons (Fsp3) is 0.0909. The fourth-order valence-corrected chi connectivity index (χ4v) is 3.61. The highest BCUT2D eigenvalue weighted by Gasteiger charge is 2.22. The molecule has 3 rings (SSSR count). The molecule has 0 heterocycles. The Kier molecular flexibility index (Phi) is 6.81. The van der Waals surface area contributed by atoms with E-state index in [-0.39, 0.29) is 22.1 Å². The molecule has 160 valence electrons. The van der Waals surface area contributed by atoms with Crippen LogP contribution in [0.1, 0.15) is 20.7 Å². The average Bonchev–Trinajstić information content (AvgIpc) is 2.80. The largest absolute Gasteiger partial charge is 0.423 e. The van der Waals surface area contributed by atoms with Crippen molar-refractivity contribution in [2.24, 2.45) is 0 Å².